The Bertz CT molecular complexity index is 613. The molecule has 3 N–H and O–H groups in total. The first-order valence-electron chi connectivity index (χ1n) is 6.33. The number of sulfone groups is 1. The zero-order valence-electron chi connectivity index (χ0n) is 11.3. The summed E-state index contributed by atoms with van der Waals surface area (Å²) < 4.78 is 27.5. The van der Waals surface area contributed by atoms with Gasteiger partial charge in [0.1, 0.15) is 0 Å². The van der Waals surface area contributed by atoms with Crippen LogP contribution in [0, 0.1) is 5.92 Å². The molecule has 0 spiro atoms. The number of benzene rings is 1. The molecule has 1 heterocycles. The number of hydrogen-bond donors (Lipinski definition) is 2. The van der Waals surface area contributed by atoms with E-state index in [-0.39, 0.29) is 17.4 Å². The van der Waals surface area contributed by atoms with Gasteiger partial charge < -0.3 is 15.8 Å². The maximum absolute atomic E-state index is 11.7. The average Bonchev–Trinajstić information content (AvgIpc) is 2.76. The van der Waals surface area contributed by atoms with Crippen molar-refractivity contribution in [2.75, 3.05) is 36.2 Å². The predicted molar refractivity (Wildman–Crippen MR) is 77.4 cm³/mol. The average molecular weight is 298 g/mol. The zero-order valence-corrected chi connectivity index (χ0v) is 12.1. The first kappa shape index (κ1) is 14.6. The molecular weight excluding hydrogens is 280 g/mol. The summed E-state index contributed by atoms with van der Waals surface area (Å²) in [6.45, 7) is 0.507. The van der Waals surface area contributed by atoms with Crippen molar-refractivity contribution in [3.05, 3.63) is 23.8 Å². The lowest BCUT2D eigenvalue weighted by Gasteiger charge is -2.14. The van der Waals surface area contributed by atoms with Gasteiger partial charge in [0.2, 0.25) is 0 Å². The normalized spacial score (nSPS) is 20.6. The summed E-state index contributed by atoms with van der Waals surface area (Å²) in [5.41, 5.74) is 7.09. The van der Waals surface area contributed by atoms with Crippen LogP contribution in [-0.4, -0.2) is 39.5 Å². The topological polar surface area (TPSA) is 98.5 Å². The number of carbonyl (C=O) groups is 1. The highest BCUT2D eigenvalue weighted by atomic mass is 32.2. The molecule has 0 saturated carbocycles. The first-order valence-corrected chi connectivity index (χ1v) is 8.15. The number of carbonyl (C=O) groups excluding carboxylic acids is 1. The van der Waals surface area contributed by atoms with E-state index in [1.807, 2.05) is 0 Å². The third kappa shape index (κ3) is 3.41. The number of anilines is 2. The molecule has 7 heteroatoms. The summed E-state index contributed by atoms with van der Waals surface area (Å²) in [6.07, 6.45) is 0.651. The van der Waals surface area contributed by atoms with Crippen LogP contribution in [0.25, 0.3) is 0 Å². The number of hydrogen-bond acceptors (Lipinski definition) is 6. The van der Waals surface area contributed by atoms with E-state index < -0.39 is 15.8 Å². The quantitative estimate of drug-likeness (QED) is 0.633. The number of esters is 1. The van der Waals surface area contributed by atoms with Crippen molar-refractivity contribution >= 4 is 27.2 Å². The highest BCUT2D eigenvalue weighted by molar-refractivity contribution is 7.91. The summed E-state index contributed by atoms with van der Waals surface area (Å²) in [4.78, 5) is 11.7. The molecule has 1 unspecified atom stereocenters. The minimum atomic E-state index is -2.89. The van der Waals surface area contributed by atoms with E-state index >= 15 is 0 Å². The van der Waals surface area contributed by atoms with Crippen LogP contribution in [0.5, 0.6) is 0 Å². The van der Waals surface area contributed by atoms with Crippen molar-refractivity contribution in [1.29, 1.82) is 0 Å². The van der Waals surface area contributed by atoms with Gasteiger partial charge >= 0.3 is 5.97 Å². The van der Waals surface area contributed by atoms with Crippen LogP contribution in [0.4, 0.5) is 11.4 Å². The van der Waals surface area contributed by atoms with Gasteiger partial charge in [0.05, 0.1) is 24.2 Å². The fourth-order valence-corrected chi connectivity index (χ4v) is 4.14. The van der Waals surface area contributed by atoms with Crippen LogP contribution in [0.15, 0.2) is 18.2 Å². The van der Waals surface area contributed by atoms with Crippen LogP contribution in [0.3, 0.4) is 0 Å². The Labute approximate surface area is 118 Å². The van der Waals surface area contributed by atoms with Gasteiger partial charge in [-0.15, -0.1) is 0 Å². The van der Waals surface area contributed by atoms with Gasteiger partial charge in [-0.05, 0) is 30.5 Å². The van der Waals surface area contributed by atoms with E-state index in [1.54, 1.807) is 18.2 Å². The number of nitrogen functional groups attached to an aromatic ring is 1. The van der Waals surface area contributed by atoms with E-state index in [4.69, 9.17) is 10.5 Å². The number of nitrogens with one attached hydrogen (secondary N) is 1. The lowest BCUT2D eigenvalue weighted by Crippen LogP contribution is -2.17. The summed E-state index contributed by atoms with van der Waals surface area (Å²) in [5, 5.41) is 3.11. The Morgan fingerprint density at radius 3 is 2.85 bits per heavy atom. The third-order valence-electron chi connectivity index (χ3n) is 3.36. The first-order chi connectivity index (χ1) is 9.41. The van der Waals surface area contributed by atoms with E-state index in [0.29, 0.717) is 29.9 Å². The predicted octanol–water partition coefficient (Wildman–Crippen LogP) is 0.902. The Morgan fingerprint density at radius 2 is 2.25 bits per heavy atom. The van der Waals surface area contributed by atoms with Crippen molar-refractivity contribution in [2.45, 2.75) is 6.42 Å². The second-order valence-electron chi connectivity index (χ2n) is 4.95. The smallest absolute Gasteiger partial charge is 0.340 e. The van der Waals surface area contributed by atoms with Crippen LogP contribution in [0.1, 0.15) is 16.8 Å². The fraction of sp³-hybridized carbons (Fsp3) is 0.462. The van der Waals surface area contributed by atoms with Gasteiger partial charge in [-0.1, -0.05) is 0 Å². The van der Waals surface area contributed by atoms with Crippen molar-refractivity contribution in [3.8, 4) is 0 Å². The molecule has 0 aliphatic carbocycles. The standard InChI is InChI=1S/C13H18N2O4S/c1-19-13(16)11-6-10(14)2-3-12(11)15-7-9-4-5-20(17,18)8-9/h2-3,6,9,15H,4-5,7-8,14H2,1H3. The van der Waals surface area contributed by atoms with Crippen LogP contribution in [-0.2, 0) is 14.6 Å². The van der Waals surface area contributed by atoms with Crippen LogP contribution < -0.4 is 11.1 Å². The SMILES string of the molecule is COC(=O)c1cc(N)ccc1NCC1CCS(=O)(=O)C1. The molecule has 1 aliphatic heterocycles. The van der Waals surface area contributed by atoms with Crippen molar-refractivity contribution < 1.29 is 17.9 Å². The highest BCUT2D eigenvalue weighted by Crippen LogP contribution is 2.23. The lowest BCUT2D eigenvalue weighted by atomic mass is 10.1. The summed E-state index contributed by atoms with van der Waals surface area (Å²) in [7, 11) is -1.58. The maximum atomic E-state index is 11.7. The number of rotatable bonds is 4. The molecule has 6 nitrogen and oxygen atoms in total. The molecule has 0 aromatic heterocycles. The molecule has 20 heavy (non-hydrogen) atoms. The van der Waals surface area contributed by atoms with Crippen molar-refractivity contribution in [2.24, 2.45) is 5.92 Å². The largest absolute Gasteiger partial charge is 0.465 e. The number of methoxy groups -OCH3 is 1. The second kappa shape index (κ2) is 5.70. The molecule has 110 valence electrons. The van der Waals surface area contributed by atoms with Crippen LogP contribution >= 0.6 is 0 Å². The monoisotopic (exact) mass is 298 g/mol. The minimum Gasteiger partial charge on any atom is -0.465 e. The molecule has 1 aliphatic rings. The van der Waals surface area contributed by atoms with E-state index in [2.05, 4.69) is 5.32 Å². The van der Waals surface area contributed by atoms with E-state index in [9.17, 15) is 13.2 Å². The van der Waals surface area contributed by atoms with E-state index in [0.717, 1.165) is 0 Å². The number of ether oxygens (including phenoxy) is 1. The Hall–Kier alpha value is -1.76. The molecule has 0 bridgehead atoms. The summed E-state index contributed by atoms with van der Waals surface area (Å²) in [5.74, 6) is 0.0369. The van der Waals surface area contributed by atoms with Gasteiger partial charge in [-0.3, -0.25) is 0 Å². The molecule has 1 fully saturated rings. The molecule has 1 aromatic carbocycles. The Morgan fingerprint density at radius 1 is 1.50 bits per heavy atom. The lowest BCUT2D eigenvalue weighted by molar-refractivity contribution is 0.0602. The Balaban J connectivity index is 2.08. The zero-order chi connectivity index (χ0) is 14.8. The van der Waals surface area contributed by atoms with Crippen molar-refractivity contribution in [1.82, 2.24) is 0 Å². The van der Waals surface area contributed by atoms with Gasteiger partial charge in [-0.25, -0.2) is 13.2 Å². The molecule has 1 atom stereocenters. The molecule has 2 rings (SSSR count). The molecular formula is C13H18N2O4S. The van der Waals surface area contributed by atoms with Gasteiger partial charge in [0.25, 0.3) is 0 Å². The fourth-order valence-electron chi connectivity index (χ4n) is 2.28. The second-order valence-corrected chi connectivity index (χ2v) is 7.18. The molecule has 0 radical (unpaired) electrons. The number of nitrogens with two attached hydrogens (primary N) is 1. The molecule has 1 aromatic rings. The van der Waals surface area contributed by atoms with E-state index in [1.165, 1.54) is 7.11 Å². The van der Waals surface area contributed by atoms with Gasteiger partial charge in [-0.2, -0.15) is 0 Å². The molecule has 0 amide bonds. The Kier molecular flexibility index (Phi) is 4.17. The third-order valence-corrected chi connectivity index (χ3v) is 5.19. The summed E-state index contributed by atoms with van der Waals surface area (Å²) in [6, 6.07) is 4.92. The maximum Gasteiger partial charge on any atom is 0.340 e. The minimum absolute atomic E-state index is 0.0723. The molecule has 1 saturated heterocycles. The summed E-state index contributed by atoms with van der Waals surface area (Å²) >= 11 is 0. The highest BCUT2D eigenvalue weighted by Gasteiger charge is 2.27. The van der Waals surface area contributed by atoms with Crippen LogP contribution in [0.2, 0.25) is 0 Å². The van der Waals surface area contributed by atoms with Gasteiger partial charge in [0.15, 0.2) is 9.84 Å². The van der Waals surface area contributed by atoms with Crippen molar-refractivity contribution in [3.63, 3.8) is 0 Å². The van der Waals surface area contributed by atoms with Gasteiger partial charge in [0, 0.05) is 17.9 Å².